The van der Waals surface area contributed by atoms with Crippen LogP contribution in [0.5, 0.6) is 11.5 Å². The van der Waals surface area contributed by atoms with Crippen LogP contribution in [0.25, 0.3) is 21.0 Å². The van der Waals surface area contributed by atoms with Crippen LogP contribution in [0.1, 0.15) is 10.6 Å². The van der Waals surface area contributed by atoms with E-state index in [0.29, 0.717) is 12.3 Å². The Kier molecular flexibility index (Phi) is 4.49. The minimum absolute atomic E-state index is 0.307. The SMILES string of the molecule is COc1ccc2ccc(O)c(CN(C)Cc3nc4ccccc4s3)c2c1. The lowest BCUT2D eigenvalue weighted by Crippen LogP contribution is -2.17. The first-order chi connectivity index (χ1) is 12.6. The van der Waals surface area contributed by atoms with E-state index in [2.05, 4.69) is 11.0 Å². The van der Waals surface area contributed by atoms with Crippen molar-refractivity contribution in [2.45, 2.75) is 13.1 Å². The average Bonchev–Trinajstić information content (AvgIpc) is 3.05. The quantitative estimate of drug-likeness (QED) is 0.553. The van der Waals surface area contributed by atoms with E-state index in [1.54, 1.807) is 24.5 Å². The van der Waals surface area contributed by atoms with Gasteiger partial charge in [0.25, 0.3) is 0 Å². The van der Waals surface area contributed by atoms with E-state index in [1.165, 1.54) is 4.70 Å². The molecule has 0 bridgehead atoms. The van der Waals surface area contributed by atoms with E-state index in [4.69, 9.17) is 9.72 Å². The monoisotopic (exact) mass is 364 g/mol. The second-order valence-corrected chi connectivity index (χ2v) is 7.51. The molecule has 1 N–H and O–H groups in total. The first kappa shape index (κ1) is 16.8. The number of ether oxygens (including phenoxy) is 1. The molecular formula is C21H20N2O2S. The number of phenols is 1. The second kappa shape index (κ2) is 6.94. The van der Waals surface area contributed by atoms with E-state index in [1.807, 2.05) is 49.5 Å². The molecule has 1 aromatic heterocycles. The summed E-state index contributed by atoms with van der Waals surface area (Å²) >= 11 is 1.71. The van der Waals surface area contributed by atoms with Crippen LogP contribution in [0.3, 0.4) is 0 Å². The van der Waals surface area contributed by atoms with Gasteiger partial charge in [-0.25, -0.2) is 4.98 Å². The molecule has 0 spiro atoms. The minimum atomic E-state index is 0.307. The van der Waals surface area contributed by atoms with Crippen molar-refractivity contribution < 1.29 is 9.84 Å². The van der Waals surface area contributed by atoms with Gasteiger partial charge in [-0.15, -0.1) is 11.3 Å². The molecule has 1 heterocycles. The van der Waals surface area contributed by atoms with Crippen LogP contribution in [0.2, 0.25) is 0 Å². The number of thiazole rings is 1. The number of para-hydroxylation sites is 1. The van der Waals surface area contributed by atoms with Gasteiger partial charge in [0.05, 0.1) is 23.9 Å². The summed E-state index contributed by atoms with van der Waals surface area (Å²) in [6, 6.07) is 17.8. The Morgan fingerprint density at radius 3 is 2.69 bits per heavy atom. The van der Waals surface area contributed by atoms with Crippen molar-refractivity contribution in [3.8, 4) is 11.5 Å². The lowest BCUT2D eigenvalue weighted by molar-refractivity contribution is 0.313. The van der Waals surface area contributed by atoms with Gasteiger partial charge in [0.15, 0.2) is 0 Å². The summed E-state index contributed by atoms with van der Waals surface area (Å²) in [5, 5.41) is 13.6. The number of hydrogen-bond acceptors (Lipinski definition) is 5. The van der Waals surface area contributed by atoms with Gasteiger partial charge in [0.1, 0.15) is 16.5 Å². The number of aromatic nitrogens is 1. The highest BCUT2D eigenvalue weighted by Crippen LogP contribution is 2.31. The zero-order valence-corrected chi connectivity index (χ0v) is 15.6. The predicted molar refractivity (Wildman–Crippen MR) is 107 cm³/mol. The molecule has 0 aliphatic rings. The summed E-state index contributed by atoms with van der Waals surface area (Å²) < 4.78 is 6.55. The van der Waals surface area contributed by atoms with Crippen LogP contribution in [-0.2, 0) is 13.1 Å². The molecular weight excluding hydrogens is 344 g/mol. The fraction of sp³-hybridized carbons (Fsp3) is 0.190. The maximum Gasteiger partial charge on any atom is 0.120 e. The summed E-state index contributed by atoms with van der Waals surface area (Å²) in [7, 11) is 3.70. The lowest BCUT2D eigenvalue weighted by Gasteiger charge is -2.18. The number of rotatable bonds is 5. The second-order valence-electron chi connectivity index (χ2n) is 6.40. The van der Waals surface area contributed by atoms with Crippen molar-refractivity contribution in [2.24, 2.45) is 0 Å². The van der Waals surface area contributed by atoms with Gasteiger partial charge >= 0.3 is 0 Å². The molecule has 0 atom stereocenters. The highest BCUT2D eigenvalue weighted by molar-refractivity contribution is 7.18. The molecule has 0 radical (unpaired) electrons. The van der Waals surface area contributed by atoms with Gasteiger partial charge in [-0.05, 0) is 48.2 Å². The van der Waals surface area contributed by atoms with Crippen molar-refractivity contribution in [3.63, 3.8) is 0 Å². The highest BCUT2D eigenvalue weighted by Gasteiger charge is 2.13. The van der Waals surface area contributed by atoms with Crippen LogP contribution in [0, 0.1) is 0 Å². The molecule has 0 unspecified atom stereocenters. The fourth-order valence-corrected chi connectivity index (χ4v) is 4.23. The van der Waals surface area contributed by atoms with Crippen LogP contribution >= 0.6 is 11.3 Å². The number of methoxy groups -OCH3 is 1. The molecule has 0 amide bonds. The molecule has 0 aliphatic carbocycles. The Balaban J connectivity index is 1.62. The molecule has 0 aliphatic heterocycles. The van der Waals surface area contributed by atoms with Crippen LogP contribution in [0.4, 0.5) is 0 Å². The molecule has 26 heavy (non-hydrogen) atoms. The highest BCUT2D eigenvalue weighted by atomic mass is 32.1. The number of aromatic hydroxyl groups is 1. The van der Waals surface area contributed by atoms with E-state index in [9.17, 15) is 5.11 Å². The first-order valence-corrected chi connectivity index (χ1v) is 9.27. The normalized spacial score (nSPS) is 11.5. The van der Waals surface area contributed by atoms with Crippen molar-refractivity contribution in [1.82, 2.24) is 9.88 Å². The van der Waals surface area contributed by atoms with Gasteiger partial charge < -0.3 is 9.84 Å². The standard InChI is InChI=1S/C21H20N2O2S/c1-23(13-21-22-18-5-3-4-6-20(18)26-21)12-17-16-11-15(25-2)9-7-14(16)8-10-19(17)24/h3-11,24H,12-13H2,1-2H3. The van der Waals surface area contributed by atoms with Crippen LogP contribution < -0.4 is 4.74 Å². The smallest absolute Gasteiger partial charge is 0.120 e. The molecule has 3 aromatic carbocycles. The van der Waals surface area contributed by atoms with E-state index >= 15 is 0 Å². The third kappa shape index (κ3) is 3.23. The molecule has 0 saturated heterocycles. The average molecular weight is 364 g/mol. The largest absolute Gasteiger partial charge is 0.508 e. The Morgan fingerprint density at radius 1 is 1.08 bits per heavy atom. The number of nitrogens with zero attached hydrogens (tertiary/aromatic N) is 2. The molecule has 4 rings (SSSR count). The zero-order valence-electron chi connectivity index (χ0n) is 14.8. The number of hydrogen-bond donors (Lipinski definition) is 1. The van der Waals surface area contributed by atoms with Crippen LogP contribution in [-0.4, -0.2) is 29.1 Å². The van der Waals surface area contributed by atoms with Gasteiger partial charge in [0, 0.05) is 12.1 Å². The van der Waals surface area contributed by atoms with E-state index in [0.717, 1.165) is 39.2 Å². The third-order valence-corrected chi connectivity index (χ3v) is 5.51. The van der Waals surface area contributed by atoms with Gasteiger partial charge in [0.2, 0.25) is 0 Å². The number of fused-ring (bicyclic) bond motifs is 2. The summed E-state index contributed by atoms with van der Waals surface area (Å²) in [6.07, 6.45) is 0. The molecule has 4 aromatic rings. The predicted octanol–water partition coefficient (Wildman–Crippen LogP) is 4.80. The topological polar surface area (TPSA) is 45.6 Å². The summed E-state index contributed by atoms with van der Waals surface area (Å²) in [5.41, 5.74) is 1.95. The Hall–Kier alpha value is -2.63. The minimum Gasteiger partial charge on any atom is -0.508 e. The van der Waals surface area contributed by atoms with Crippen LogP contribution in [0.15, 0.2) is 54.6 Å². The molecule has 0 saturated carbocycles. The molecule has 0 fully saturated rings. The molecule has 132 valence electrons. The molecule has 4 nitrogen and oxygen atoms in total. The van der Waals surface area contributed by atoms with Crippen molar-refractivity contribution in [2.75, 3.05) is 14.2 Å². The number of benzene rings is 3. The van der Waals surface area contributed by atoms with Crippen molar-refractivity contribution >= 4 is 32.3 Å². The lowest BCUT2D eigenvalue weighted by atomic mass is 10.0. The number of phenolic OH excluding ortho intramolecular Hbond substituents is 1. The Labute approximate surface area is 156 Å². The zero-order chi connectivity index (χ0) is 18.1. The van der Waals surface area contributed by atoms with E-state index < -0.39 is 0 Å². The maximum absolute atomic E-state index is 10.4. The fourth-order valence-electron chi connectivity index (χ4n) is 3.19. The summed E-state index contributed by atoms with van der Waals surface area (Å²) in [4.78, 5) is 6.87. The molecule has 5 heteroatoms. The maximum atomic E-state index is 10.4. The third-order valence-electron chi connectivity index (χ3n) is 4.49. The summed E-state index contributed by atoms with van der Waals surface area (Å²) in [6.45, 7) is 1.37. The van der Waals surface area contributed by atoms with Gasteiger partial charge in [-0.1, -0.05) is 24.3 Å². The summed E-state index contributed by atoms with van der Waals surface area (Å²) in [5.74, 6) is 1.10. The van der Waals surface area contributed by atoms with E-state index in [-0.39, 0.29) is 0 Å². The van der Waals surface area contributed by atoms with Crippen molar-refractivity contribution in [1.29, 1.82) is 0 Å². The van der Waals surface area contributed by atoms with Crippen molar-refractivity contribution in [3.05, 3.63) is 65.2 Å². The Morgan fingerprint density at radius 2 is 1.88 bits per heavy atom. The van der Waals surface area contributed by atoms with Gasteiger partial charge in [-0.3, -0.25) is 4.90 Å². The Bertz CT molecular complexity index is 1040. The van der Waals surface area contributed by atoms with Gasteiger partial charge in [-0.2, -0.15) is 0 Å². The first-order valence-electron chi connectivity index (χ1n) is 8.45.